The minimum Gasteiger partial charge on any atom is -0.457 e. The molecule has 174 valence electrons. The standard InChI is InChI=1S/C29H23ClN2O2S/c1-18-12-13-21(16-24(18)30)25-15-14-23(34-25)17-26-28(33)32(22-10-5-4-6-11-22)29(35-26)31-27-19(2)8-7-9-20(27)3/h4-17H,1-3H3/b26-17-,31-29?. The van der Waals surface area contributed by atoms with Crippen LogP contribution in [0.25, 0.3) is 17.4 Å². The first-order chi connectivity index (χ1) is 16.9. The Kier molecular flexibility index (Phi) is 6.37. The van der Waals surface area contributed by atoms with E-state index in [0.29, 0.717) is 26.6 Å². The molecule has 0 N–H and O–H groups in total. The number of amides is 1. The van der Waals surface area contributed by atoms with Crippen molar-refractivity contribution in [3.8, 4) is 11.3 Å². The van der Waals surface area contributed by atoms with Crippen molar-refractivity contribution in [2.24, 2.45) is 4.99 Å². The number of halogens is 1. The Hall–Kier alpha value is -3.54. The zero-order valence-corrected chi connectivity index (χ0v) is 21.2. The molecule has 0 radical (unpaired) electrons. The summed E-state index contributed by atoms with van der Waals surface area (Å²) in [4.78, 5) is 20.7. The second-order valence-corrected chi connectivity index (χ2v) is 9.80. The van der Waals surface area contributed by atoms with Crippen molar-refractivity contribution >= 4 is 51.9 Å². The predicted molar refractivity (Wildman–Crippen MR) is 146 cm³/mol. The zero-order chi connectivity index (χ0) is 24.5. The minimum absolute atomic E-state index is 0.137. The number of nitrogens with zero attached hydrogens (tertiary/aromatic N) is 2. The van der Waals surface area contributed by atoms with Gasteiger partial charge in [0.1, 0.15) is 11.5 Å². The van der Waals surface area contributed by atoms with Gasteiger partial charge >= 0.3 is 0 Å². The topological polar surface area (TPSA) is 45.8 Å². The quantitative estimate of drug-likeness (QED) is 0.266. The lowest BCUT2D eigenvalue weighted by atomic mass is 10.1. The van der Waals surface area contributed by atoms with Gasteiger partial charge in [0.15, 0.2) is 5.17 Å². The van der Waals surface area contributed by atoms with E-state index in [2.05, 4.69) is 0 Å². The van der Waals surface area contributed by atoms with E-state index in [1.165, 1.54) is 11.8 Å². The highest BCUT2D eigenvalue weighted by Crippen LogP contribution is 2.39. The van der Waals surface area contributed by atoms with E-state index in [0.717, 1.165) is 33.6 Å². The monoisotopic (exact) mass is 498 g/mol. The zero-order valence-electron chi connectivity index (χ0n) is 19.6. The number of aryl methyl sites for hydroxylation is 3. The third kappa shape index (κ3) is 4.70. The van der Waals surface area contributed by atoms with E-state index >= 15 is 0 Å². The SMILES string of the molecule is Cc1ccc(-c2ccc(/C=C3\SC(=Nc4c(C)cccc4C)N(c4ccccc4)C3=O)o2)cc1Cl. The average Bonchev–Trinajstić information content (AvgIpc) is 3.43. The fraction of sp³-hybridized carbons (Fsp3) is 0.103. The largest absolute Gasteiger partial charge is 0.457 e. The van der Waals surface area contributed by atoms with Gasteiger partial charge in [0.05, 0.1) is 16.3 Å². The van der Waals surface area contributed by atoms with Gasteiger partial charge in [0.25, 0.3) is 5.91 Å². The molecule has 2 heterocycles. The number of benzene rings is 3. The molecule has 1 aliphatic rings. The van der Waals surface area contributed by atoms with Crippen molar-refractivity contribution in [3.63, 3.8) is 0 Å². The Bertz CT molecular complexity index is 1470. The number of hydrogen-bond donors (Lipinski definition) is 0. The van der Waals surface area contributed by atoms with Crippen molar-refractivity contribution in [2.45, 2.75) is 20.8 Å². The lowest BCUT2D eigenvalue weighted by Crippen LogP contribution is -2.28. The van der Waals surface area contributed by atoms with Gasteiger partial charge in [-0.3, -0.25) is 9.69 Å². The molecule has 0 unspecified atom stereocenters. The molecule has 0 aliphatic carbocycles. The van der Waals surface area contributed by atoms with Crippen molar-refractivity contribution in [3.05, 3.63) is 111 Å². The first kappa shape index (κ1) is 23.2. The van der Waals surface area contributed by atoms with E-state index < -0.39 is 0 Å². The summed E-state index contributed by atoms with van der Waals surface area (Å²) in [5, 5.41) is 1.30. The highest BCUT2D eigenvalue weighted by molar-refractivity contribution is 8.19. The lowest BCUT2D eigenvalue weighted by molar-refractivity contribution is -0.113. The van der Waals surface area contributed by atoms with Crippen LogP contribution < -0.4 is 4.90 Å². The van der Waals surface area contributed by atoms with E-state index in [-0.39, 0.29) is 5.91 Å². The summed E-state index contributed by atoms with van der Waals surface area (Å²) in [6, 6.07) is 25.2. The second kappa shape index (κ2) is 9.61. The fourth-order valence-corrected chi connectivity index (χ4v) is 5.04. The molecule has 6 heteroatoms. The molecule has 0 bridgehead atoms. The van der Waals surface area contributed by atoms with Crippen LogP contribution in [0.4, 0.5) is 11.4 Å². The molecule has 0 atom stereocenters. The van der Waals surface area contributed by atoms with Crippen LogP contribution in [-0.4, -0.2) is 11.1 Å². The van der Waals surface area contributed by atoms with Crippen LogP contribution in [0.5, 0.6) is 0 Å². The molecule has 1 fully saturated rings. The number of amidine groups is 1. The maximum atomic E-state index is 13.5. The average molecular weight is 499 g/mol. The van der Waals surface area contributed by atoms with Crippen LogP contribution in [-0.2, 0) is 4.79 Å². The lowest BCUT2D eigenvalue weighted by Gasteiger charge is -2.16. The number of hydrogen-bond acceptors (Lipinski definition) is 4. The molecule has 35 heavy (non-hydrogen) atoms. The molecule has 0 saturated carbocycles. The van der Waals surface area contributed by atoms with Gasteiger partial charge in [-0.1, -0.05) is 60.1 Å². The van der Waals surface area contributed by atoms with E-state index in [4.69, 9.17) is 21.0 Å². The molecule has 0 spiro atoms. The summed E-state index contributed by atoms with van der Waals surface area (Å²) in [6.07, 6.45) is 1.77. The molecule has 1 saturated heterocycles. The first-order valence-electron chi connectivity index (χ1n) is 11.2. The number of aliphatic imine (C=N–C) groups is 1. The minimum atomic E-state index is -0.137. The number of thioether (sulfide) groups is 1. The van der Waals surface area contributed by atoms with Crippen LogP contribution in [0.15, 0.2) is 93.2 Å². The Morgan fingerprint density at radius 2 is 1.63 bits per heavy atom. The predicted octanol–water partition coefficient (Wildman–Crippen LogP) is 8.33. The maximum Gasteiger partial charge on any atom is 0.271 e. The molecule has 1 aromatic heterocycles. The Morgan fingerprint density at radius 3 is 2.34 bits per heavy atom. The van der Waals surface area contributed by atoms with Crippen LogP contribution in [0.3, 0.4) is 0 Å². The highest BCUT2D eigenvalue weighted by Gasteiger charge is 2.35. The van der Waals surface area contributed by atoms with Crippen molar-refractivity contribution in [1.82, 2.24) is 0 Å². The van der Waals surface area contributed by atoms with Gasteiger partial charge in [-0.2, -0.15) is 0 Å². The summed E-state index contributed by atoms with van der Waals surface area (Å²) in [5.41, 5.74) is 5.66. The van der Waals surface area contributed by atoms with Crippen molar-refractivity contribution in [1.29, 1.82) is 0 Å². The third-order valence-corrected chi connectivity index (χ3v) is 7.20. The highest BCUT2D eigenvalue weighted by atomic mass is 35.5. The summed E-state index contributed by atoms with van der Waals surface area (Å²) in [5.74, 6) is 1.15. The number of anilines is 1. The van der Waals surface area contributed by atoms with E-state index in [1.807, 2.05) is 99.6 Å². The van der Waals surface area contributed by atoms with Gasteiger partial charge in [-0.25, -0.2) is 4.99 Å². The molecule has 1 aliphatic heterocycles. The number of carbonyl (C=O) groups excluding carboxylic acids is 1. The third-order valence-electron chi connectivity index (χ3n) is 5.82. The van der Waals surface area contributed by atoms with Gasteiger partial charge in [-0.05, 0) is 79.6 Å². The van der Waals surface area contributed by atoms with Gasteiger partial charge in [0.2, 0.25) is 0 Å². The van der Waals surface area contributed by atoms with E-state index in [9.17, 15) is 4.79 Å². The molecular formula is C29H23ClN2O2S. The molecule has 1 amide bonds. The molecule has 4 nitrogen and oxygen atoms in total. The van der Waals surface area contributed by atoms with Crippen LogP contribution >= 0.6 is 23.4 Å². The van der Waals surface area contributed by atoms with Crippen molar-refractivity contribution in [2.75, 3.05) is 4.90 Å². The summed E-state index contributed by atoms with van der Waals surface area (Å²) >= 11 is 7.63. The summed E-state index contributed by atoms with van der Waals surface area (Å²) in [7, 11) is 0. The summed E-state index contributed by atoms with van der Waals surface area (Å²) in [6.45, 7) is 6.02. The normalized spacial score (nSPS) is 16.0. The molecule has 5 rings (SSSR count). The Labute approximate surface area is 213 Å². The Balaban J connectivity index is 1.53. The van der Waals surface area contributed by atoms with Crippen molar-refractivity contribution < 1.29 is 9.21 Å². The second-order valence-electron chi connectivity index (χ2n) is 8.39. The fourth-order valence-electron chi connectivity index (χ4n) is 3.89. The molecule has 4 aromatic rings. The van der Waals surface area contributed by atoms with Crippen LogP contribution in [0, 0.1) is 20.8 Å². The number of carbonyl (C=O) groups is 1. The number of rotatable bonds is 4. The van der Waals surface area contributed by atoms with Gasteiger partial charge in [-0.15, -0.1) is 0 Å². The number of furan rings is 1. The number of para-hydroxylation sites is 2. The van der Waals surface area contributed by atoms with Crippen LogP contribution in [0.1, 0.15) is 22.5 Å². The smallest absolute Gasteiger partial charge is 0.271 e. The maximum absolute atomic E-state index is 13.5. The van der Waals surface area contributed by atoms with Crippen LogP contribution in [0.2, 0.25) is 5.02 Å². The molecule has 3 aromatic carbocycles. The van der Waals surface area contributed by atoms with Gasteiger partial charge < -0.3 is 4.42 Å². The Morgan fingerprint density at radius 1 is 0.886 bits per heavy atom. The van der Waals surface area contributed by atoms with E-state index in [1.54, 1.807) is 11.0 Å². The molecular weight excluding hydrogens is 476 g/mol. The summed E-state index contributed by atoms with van der Waals surface area (Å²) < 4.78 is 6.05. The first-order valence-corrected chi connectivity index (χ1v) is 12.4. The van der Waals surface area contributed by atoms with Gasteiger partial charge in [0, 0.05) is 16.7 Å².